The Balaban J connectivity index is 1.79. The predicted molar refractivity (Wildman–Crippen MR) is 124 cm³/mol. The van der Waals surface area contributed by atoms with Gasteiger partial charge in [0.1, 0.15) is 5.75 Å². The predicted octanol–water partition coefficient (Wildman–Crippen LogP) is 7.61. The summed E-state index contributed by atoms with van der Waals surface area (Å²) in [7, 11) is -1.60. The quantitative estimate of drug-likeness (QED) is 0.328. The topological polar surface area (TPSA) is 18.5 Å². The number of benzene rings is 1. The van der Waals surface area contributed by atoms with Crippen molar-refractivity contribution in [2.75, 3.05) is 13.2 Å². The molecule has 0 spiro atoms. The molecule has 1 aliphatic carbocycles. The minimum Gasteiger partial charge on any atom is -0.494 e. The number of hydrogen-bond donors (Lipinski definition) is 0. The lowest BCUT2D eigenvalue weighted by atomic mass is 9.63. The minimum absolute atomic E-state index is 0.241. The van der Waals surface area contributed by atoms with Crippen LogP contribution in [0.5, 0.6) is 5.75 Å². The van der Waals surface area contributed by atoms with E-state index in [1.54, 1.807) is 0 Å². The molecule has 0 atom stereocenters. The van der Waals surface area contributed by atoms with Crippen LogP contribution in [0, 0.1) is 0 Å². The summed E-state index contributed by atoms with van der Waals surface area (Å²) in [6, 6.07) is 6.78. The van der Waals surface area contributed by atoms with Gasteiger partial charge in [-0.2, -0.15) is 0 Å². The van der Waals surface area contributed by atoms with Crippen LogP contribution in [0.2, 0.25) is 18.1 Å². The van der Waals surface area contributed by atoms with E-state index in [9.17, 15) is 0 Å². The van der Waals surface area contributed by atoms with E-state index in [4.69, 9.17) is 9.16 Å². The average Bonchev–Trinajstić information content (AvgIpc) is 2.57. The number of rotatable bonds is 8. The van der Waals surface area contributed by atoms with Crippen molar-refractivity contribution < 1.29 is 9.16 Å². The summed E-state index contributed by atoms with van der Waals surface area (Å²) in [5.41, 5.74) is 3.49. The Bertz CT molecular complexity index is 653. The highest BCUT2D eigenvalue weighted by atomic mass is 28.4. The van der Waals surface area contributed by atoms with Crippen LogP contribution in [0.3, 0.4) is 0 Å². The van der Waals surface area contributed by atoms with E-state index in [1.165, 1.54) is 24.0 Å². The lowest BCUT2D eigenvalue weighted by molar-refractivity contribution is 0.263. The van der Waals surface area contributed by atoms with E-state index in [-0.39, 0.29) is 10.8 Å². The zero-order valence-corrected chi connectivity index (χ0v) is 21.0. The van der Waals surface area contributed by atoms with Crippen LogP contribution in [-0.4, -0.2) is 21.5 Å². The summed E-state index contributed by atoms with van der Waals surface area (Å²) < 4.78 is 12.4. The molecule has 0 amide bonds. The van der Waals surface area contributed by atoms with Crippen LogP contribution in [0.4, 0.5) is 0 Å². The van der Waals surface area contributed by atoms with Crippen molar-refractivity contribution in [1.29, 1.82) is 0 Å². The van der Waals surface area contributed by atoms with Crippen molar-refractivity contribution >= 4 is 8.32 Å². The highest BCUT2D eigenvalue weighted by molar-refractivity contribution is 6.74. The summed E-state index contributed by atoms with van der Waals surface area (Å²) in [6.45, 7) is 22.7. The van der Waals surface area contributed by atoms with Crippen molar-refractivity contribution in [3.8, 4) is 5.75 Å². The van der Waals surface area contributed by atoms with Gasteiger partial charge >= 0.3 is 0 Å². The molecule has 2 nitrogen and oxygen atoms in total. The van der Waals surface area contributed by atoms with Crippen LogP contribution >= 0.6 is 0 Å². The molecular formula is C25H44O2Si. The molecule has 1 aliphatic rings. The van der Waals surface area contributed by atoms with Gasteiger partial charge in [-0.15, -0.1) is 0 Å². The third kappa shape index (κ3) is 5.63. The van der Waals surface area contributed by atoms with Gasteiger partial charge in [0.15, 0.2) is 8.32 Å². The lowest BCUT2D eigenvalue weighted by Crippen LogP contribution is -2.40. The second kappa shape index (κ2) is 8.51. The fourth-order valence-corrected chi connectivity index (χ4v) is 4.86. The highest BCUT2D eigenvalue weighted by Crippen LogP contribution is 2.46. The van der Waals surface area contributed by atoms with Gasteiger partial charge in [0.25, 0.3) is 0 Å². The van der Waals surface area contributed by atoms with Crippen molar-refractivity contribution in [3.05, 3.63) is 29.3 Å². The Morgan fingerprint density at radius 1 is 0.857 bits per heavy atom. The molecule has 0 radical (unpaired) electrons. The van der Waals surface area contributed by atoms with Crippen molar-refractivity contribution in [2.45, 2.75) is 110 Å². The molecule has 0 N–H and O–H groups in total. The Hall–Kier alpha value is -0.803. The van der Waals surface area contributed by atoms with E-state index >= 15 is 0 Å². The summed E-state index contributed by atoms with van der Waals surface area (Å²) in [4.78, 5) is 0. The molecule has 0 fully saturated rings. The molecule has 2 rings (SSSR count). The Kier molecular flexibility index (Phi) is 7.14. The maximum absolute atomic E-state index is 6.26. The molecule has 160 valence electrons. The number of unbranched alkanes of at least 4 members (excludes halogenated alkanes) is 2. The van der Waals surface area contributed by atoms with Crippen LogP contribution in [0.25, 0.3) is 0 Å². The third-order valence-corrected chi connectivity index (χ3v) is 11.7. The zero-order valence-electron chi connectivity index (χ0n) is 20.0. The molecule has 0 saturated carbocycles. The first-order valence-corrected chi connectivity index (χ1v) is 14.1. The number of ether oxygens (including phenoxy) is 1. The third-order valence-electron chi connectivity index (χ3n) is 7.15. The molecule has 0 aliphatic heterocycles. The van der Waals surface area contributed by atoms with Crippen LogP contribution in [-0.2, 0) is 15.3 Å². The summed E-state index contributed by atoms with van der Waals surface area (Å²) >= 11 is 0. The SMILES string of the molecule is CC1(C)CCC(C)(C)c2cc(OCCCCCO[Si](C)(C)C(C)(C)C)ccc21. The molecule has 0 heterocycles. The number of fused-ring (bicyclic) bond motifs is 1. The molecule has 0 saturated heterocycles. The largest absolute Gasteiger partial charge is 0.494 e. The van der Waals surface area contributed by atoms with E-state index in [0.717, 1.165) is 38.2 Å². The van der Waals surface area contributed by atoms with Gasteiger partial charge in [0.05, 0.1) is 6.61 Å². The van der Waals surface area contributed by atoms with Crippen LogP contribution < -0.4 is 4.74 Å². The van der Waals surface area contributed by atoms with E-state index < -0.39 is 8.32 Å². The lowest BCUT2D eigenvalue weighted by Gasteiger charge is -2.41. The first-order valence-electron chi connectivity index (χ1n) is 11.2. The molecule has 0 unspecified atom stereocenters. The van der Waals surface area contributed by atoms with Gasteiger partial charge in [0, 0.05) is 6.61 Å². The number of hydrogen-bond acceptors (Lipinski definition) is 2. The van der Waals surface area contributed by atoms with E-state index in [0.29, 0.717) is 5.04 Å². The molecule has 0 aromatic heterocycles. The van der Waals surface area contributed by atoms with E-state index in [2.05, 4.69) is 79.8 Å². The minimum atomic E-state index is -1.60. The monoisotopic (exact) mass is 404 g/mol. The summed E-state index contributed by atoms with van der Waals surface area (Å²) in [5.74, 6) is 1.03. The van der Waals surface area contributed by atoms with Gasteiger partial charge in [-0.1, -0.05) is 54.5 Å². The van der Waals surface area contributed by atoms with Gasteiger partial charge in [-0.05, 0) is 84.3 Å². The molecule has 1 aromatic carbocycles. The first kappa shape index (κ1) is 23.5. The maximum Gasteiger partial charge on any atom is 0.191 e. The Morgan fingerprint density at radius 2 is 1.43 bits per heavy atom. The van der Waals surface area contributed by atoms with E-state index in [1.807, 2.05) is 0 Å². The molecular weight excluding hydrogens is 360 g/mol. The smallest absolute Gasteiger partial charge is 0.191 e. The van der Waals surface area contributed by atoms with Crippen molar-refractivity contribution in [2.24, 2.45) is 0 Å². The van der Waals surface area contributed by atoms with Gasteiger partial charge in [-0.25, -0.2) is 0 Å². The summed E-state index contributed by atoms with van der Waals surface area (Å²) in [5, 5.41) is 0.297. The Labute approximate surface area is 175 Å². The fourth-order valence-electron chi connectivity index (χ4n) is 3.77. The first-order chi connectivity index (χ1) is 12.8. The van der Waals surface area contributed by atoms with Crippen molar-refractivity contribution in [3.63, 3.8) is 0 Å². The Morgan fingerprint density at radius 3 is 2.04 bits per heavy atom. The molecule has 0 bridgehead atoms. The maximum atomic E-state index is 6.26. The van der Waals surface area contributed by atoms with Gasteiger partial charge in [-0.3, -0.25) is 0 Å². The average molecular weight is 405 g/mol. The second-order valence-corrected chi connectivity index (χ2v) is 16.3. The normalized spacial score (nSPS) is 18.6. The van der Waals surface area contributed by atoms with Crippen LogP contribution in [0.15, 0.2) is 18.2 Å². The fraction of sp³-hybridized carbons (Fsp3) is 0.760. The standard InChI is InChI=1S/C25H44O2Si/c1-23(2,3)28(8,9)27-18-12-10-11-17-26-20-13-14-21-22(19-20)25(6,7)16-15-24(21,4)5/h13-14,19H,10-12,15-18H2,1-9H3. The van der Waals surface area contributed by atoms with Crippen molar-refractivity contribution in [1.82, 2.24) is 0 Å². The summed E-state index contributed by atoms with van der Waals surface area (Å²) in [6.07, 6.45) is 5.88. The second-order valence-electron chi connectivity index (χ2n) is 11.5. The molecule has 28 heavy (non-hydrogen) atoms. The zero-order chi connectivity index (χ0) is 21.2. The molecule has 1 aromatic rings. The molecule has 3 heteroatoms. The van der Waals surface area contributed by atoms with Crippen LogP contribution in [0.1, 0.15) is 91.7 Å². The highest BCUT2D eigenvalue weighted by Gasteiger charge is 2.37. The van der Waals surface area contributed by atoms with Gasteiger partial charge in [0.2, 0.25) is 0 Å². The van der Waals surface area contributed by atoms with Gasteiger partial charge < -0.3 is 9.16 Å².